The molecule has 3 nitrogen and oxygen atoms in total. The summed E-state index contributed by atoms with van der Waals surface area (Å²) in [6.07, 6.45) is 6.65. The predicted octanol–water partition coefficient (Wildman–Crippen LogP) is 1.16. The van der Waals surface area contributed by atoms with Crippen LogP contribution in [0, 0.1) is 11.8 Å². The highest BCUT2D eigenvalue weighted by Gasteiger charge is 2.26. The number of aliphatic hydroxyl groups excluding tert-OH is 1. The maximum atomic E-state index is 9.19. The molecule has 1 heterocycles. The van der Waals surface area contributed by atoms with Crippen LogP contribution in [0.2, 0.25) is 0 Å². The molecule has 1 saturated heterocycles. The van der Waals surface area contributed by atoms with Gasteiger partial charge in [-0.25, -0.2) is 0 Å². The van der Waals surface area contributed by atoms with E-state index in [1.165, 1.54) is 32.1 Å². The van der Waals surface area contributed by atoms with E-state index in [0.29, 0.717) is 24.5 Å². The molecule has 1 aliphatic carbocycles. The van der Waals surface area contributed by atoms with Gasteiger partial charge in [-0.2, -0.15) is 0 Å². The van der Waals surface area contributed by atoms with Crippen molar-refractivity contribution in [1.29, 1.82) is 0 Å². The second-order valence-corrected chi connectivity index (χ2v) is 4.93. The molecule has 0 aromatic rings. The molecule has 2 aliphatic rings. The van der Waals surface area contributed by atoms with Crippen molar-refractivity contribution in [3.8, 4) is 0 Å². The highest BCUT2D eigenvalue weighted by Crippen LogP contribution is 2.30. The number of rotatable bonds is 5. The van der Waals surface area contributed by atoms with Crippen molar-refractivity contribution in [2.75, 3.05) is 26.3 Å². The van der Waals surface area contributed by atoms with E-state index < -0.39 is 0 Å². The Kier molecular flexibility index (Phi) is 4.42. The summed E-state index contributed by atoms with van der Waals surface area (Å²) in [6, 6.07) is 0. The molecule has 1 aliphatic heterocycles. The number of ether oxygens (including phenoxy) is 1. The van der Waals surface area contributed by atoms with Crippen molar-refractivity contribution >= 4 is 0 Å². The number of aliphatic hydroxyl groups is 1. The van der Waals surface area contributed by atoms with Crippen molar-refractivity contribution in [2.45, 2.75) is 38.2 Å². The minimum Gasteiger partial charge on any atom is -0.396 e. The van der Waals surface area contributed by atoms with Gasteiger partial charge in [0.25, 0.3) is 0 Å². The van der Waals surface area contributed by atoms with Gasteiger partial charge in [0.2, 0.25) is 0 Å². The zero-order valence-corrected chi connectivity index (χ0v) is 9.45. The van der Waals surface area contributed by atoms with Gasteiger partial charge in [0, 0.05) is 19.8 Å². The predicted molar refractivity (Wildman–Crippen MR) is 59.8 cm³/mol. The Morgan fingerprint density at radius 3 is 2.67 bits per heavy atom. The standard InChI is InChI=1S/C12H23NO2/c14-9-11-4-1-3-10(11)7-13-8-12-5-2-6-15-12/h10-14H,1-9H2. The molecule has 3 unspecified atom stereocenters. The third-order valence-electron chi connectivity index (χ3n) is 3.85. The maximum Gasteiger partial charge on any atom is 0.0700 e. The molecule has 2 rings (SSSR count). The first kappa shape index (κ1) is 11.4. The average Bonchev–Trinajstić information content (AvgIpc) is 2.88. The molecule has 2 fully saturated rings. The van der Waals surface area contributed by atoms with Crippen LogP contribution in [-0.4, -0.2) is 37.5 Å². The zero-order valence-electron chi connectivity index (χ0n) is 9.45. The van der Waals surface area contributed by atoms with E-state index in [2.05, 4.69) is 5.32 Å². The summed E-state index contributed by atoms with van der Waals surface area (Å²) in [4.78, 5) is 0. The van der Waals surface area contributed by atoms with Crippen molar-refractivity contribution in [3.63, 3.8) is 0 Å². The molecular formula is C12H23NO2. The molecule has 0 aromatic heterocycles. The third kappa shape index (κ3) is 3.16. The molecule has 88 valence electrons. The molecule has 1 saturated carbocycles. The Balaban J connectivity index is 1.60. The molecule has 3 heteroatoms. The number of hydrogen-bond donors (Lipinski definition) is 2. The summed E-state index contributed by atoms with van der Waals surface area (Å²) in [5.74, 6) is 1.23. The Morgan fingerprint density at radius 2 is 1.93 bits per heavy atom. The van der Waals surface area contributed by atoms with Crippen LogP contribution in [0.3, 0.4) is 0 Å². The topological polar surface area (TPSA) is 41.5 Å². The van der Waals surface area contributed by atoms with Crippen LogP contribution in [0.1, 0.15) is 32.1 Å². The molecule has 0 amide bonds. The van der Waals surface area contributed by atoms with E-state index in [4.69, 9.17) is 4.74 Å². The molecule has 3 atom stereocenters. The fourth-order valence-electron chi connectivity index (χ4n) is 2.86. The molecular weight excluding hydrogens is 190 g/mol. The summed E-state index contributed by atoms with van der Waals surface area (Å²) in [7, 11) is 0. The van der Waals surface area contributed by atoms with Crippen LogP contribution in [-0.2, 0) is 4.74 Å². The lowest BCUT2D eigenvalue weighted by molar-refractivity contribution is 0.107. The van der Waals surface area contributed by atoms with E-state index in [9.17, 15) is 5.11 Å². The molecule has 0 aromatic carbocycles. The summed E-state index contributed by atoms with van der Waals surface area (Å²) in [5.41, 5.74) is 0. The lowest BCUT2D eigenvalue weighted by Crippen LogP contribution is -2.32. The van der Waals surface area contributed by atoms with Gasteiger partial charge in [0.05, 0.1) is 6.10 Å². The first-order valence-corrected chi connectivity index (χ1v) is 6.33. The second-order valence-electron chi connectivity index (χ2n) is 4.93. The van der Waals surface area contributed by atoms with E-state index >= 15 is 0 Å². The van der Waals surface area contributed by atoms with Crippen molar-refractivity contribution in [2.24, 2.45) is 11.8 Å². The minimum absolute atomic E-state index is 0.367. The highest BCUT2D eigenvalue weighted by atomic mass is 16.5. The van der Waals surface area contributed by atoms with E-state index in [0.717, 1.165) is 19.7 Å². The van der Waals surface area contributed by atoms with Crippen LogP contribution in [0.15, 0.2) is 0 Å². The van der Waals surface area contributed by atoms with Gasteiger partial charge in [0.1, 0.15) is 0 Å². The third-order valence-corrected chi connectivity index (χ3v) is 3.85. The fraction of sp³-hybridized carbons (Fsp3) is 1.00. The highest BCUT2D eigenvalue weighted by molar-refractivity contribution is 4.79. The van der Waals surface area contributed by atoms with Crippen LogP contribution in [0.25, 0.3) is 0 Å². The quantitative estimate of drug-likeness (QED) is 0.720. The van der Waals surface area contributed by atoms with Gasteiger partial charge in [0.15, 0.2) is 0 Å². The summed E-state index contributed by atoms with van der Waals surface area (Å²) in [5, 5.41) is 12.7. The average molecular weight is 213 g/mol. The van der Waals surface area contributed by atoms with Gasteiger partial charge in [-0.05, 0) is 44.1 Å². The second kappa shape index (κ2) is 5.83. The van der Waals surface area contributed by atoms with Gasteiger partial charge in [-0.1, -0.05) is 6.42 Å². The van der Waals surface area contributed by atoms with Crippen LogP contribution in [0.5, 0.6) is 0 Å². The van der Waals surface area contributed by atoms with Crippen LogP contribution >= 0.6 is 0 Å². The van der Waals surface area contributed by atoms with Gasteiger partial charge >= 0.3 is 0 Å². The monoisotopic (exact) mass is 213 g/mol. The Hall–Kier alpha value is -0.120. The lowest BCUT2D eigenvalue weighted by atomic mass is 9.97. The maximum absolute atomic E-state index is 9.19. The first-order chi connectivity index (χ1) is 7.40. The molecule has 15 heavy (non-hydrogen) atoms. The molecule has 2 N–H and O–H groups in total. The van der Waals surface area contributed by atoms with Gasteiger partial charge in [-0.15, -0.1) is 0 Å². The van der Waals surface area contributed by atoms with Crippen LogP contribution < -0.4 is 5.32 Å². The largest absolute Gasteiger partial charge is 0.396 e. The van der Waals surface area contributed by atoms with Gasteiger partial charge in [-0.3, -0.25) is 0 Å². The zero-order chi connectivity index (χ0) is 10.5. The number of nitrogens with one attached hydrogen (secondary N) is 1. The van der Waals surface area contributed by atoms with Crippen molar-refractivity contribution in [3.05, 3.63) is 0 Å². The van der Waals surface area contributed by atoms with E-state index in [-0.39, 0.29) is 0 Å². The van der Waals surface area contributed by atoms with Crippen LogP contribution in [0.4, 0.5) is 0 Å². The smallest absolute Gasteiger partial charge is 0.0700 e. The summed E-state index contributed by atoms with van der Waals surface area (Å²) < 4.78 is 5.56. The first-order valence-electron chi connectivity index (χ1n) is 6.33. The van der Waals surface area contributed by atoms with E-state index in [1.807, 2.05) is 0 Å². The Morgan fingerprint density at radius 1 is 1.07 bits per heavy atom. The fourth-order valence-corrected chi connectivity index (χ4v) is 2.86. The molecule has 0 spiro atoms. The van der Waals surface area contributed by atoms with Crippen molar-refractivity contribution < 1.29 is 9.84 Å². The van der Waals surface area contributed by atoms with E-state index in [1.54, 1.807) is 0 Å². The molecule has 0 radical (unpaired) electrons. The molecule has 0 bridgehead atoms. The minimum atomic E-state index is 0.367. The number of hydrogen-bond acceptors (Lipinski definition) is 3. The summed E-state index contributed by atoms with van der Waals surface area (Å²) in [6.45, 7) is 3.36. The Labute approximate surface area is 92.2 Å². The van der Waals surface area contributed by atoms with Gasteiger partial charge < -0.3 is 15.2 Å². The van der Waals surface area contributed by atoms with Crippen molar-refractivity contribution in [1.82, 2.24) is 5.32 Å². The Bertz CT molecular complexity index is 180. The lowest BCUT2D eigenvalue weighted by Gasteiger charge is -2.19. The SMILES string of the molecule is OCC1CCCC1CNCC1CCCO1. The summed E-state index contributed by atoms with van der Waals surface area (Å²) >= 11 is 0. The normalized spacial score (nSPS) is 36.2.